The van der Waals surface area contributed by atoms with E-state index in [2.05, 4.69) is 23.5 Å². The first-order chi connectivity index (χ1) is 8.86. The van der Waals surface area contributed by atoms with E-state index in [1.807, 2.05) is 7.05 Å². The summed E-state index contributed by atoms with van der Waals surface area (Å²) < 4.78 is 26.7. The van der Waals surface area contributed by atoms with E-state index in [0.29, 0.717) is 18.2 Å². The van der Waals surface area contributed by atoms with Gasteiger partial charge in [-0.2, -0.15) is 0 Å². The second-order valence-corrected chi connectivity index (χ2v) is 7.66. The first-order valence-electron chi connectivity index (χ1n) is 6.25. The number of aliphatic hydroxyl groups is 1. The van der Waals surface area contributed by atoms with Crippen LogP contribution in [0.2, 0.25) is 0 Å². The molecule has 0 aromatic carbocycles. The maximum atomic E-state index is 11.9. The highest BCUT2D eigenvalue weighted by atomic mass is 32.2. The van der Waals surface area contributed by atoms with Gasteiger partial charge in [0.05, 0.1) is 6.61 Å². The fourth-order valence-corrected chi connectivity index (χ4v) is 3.76. The molecule has 1 heterocycles. The van der Waals surface area contributed by atoms with E-state index in [0.717, 1.165) is 24.3 Å². The van der Waals surface area contributed by atoms with Gasteiger partial charge in [0.1, 0.15) is 4.21 Å². The second-order valence-electron chi connectivity index (χ2n) is 4.76. The molecule has 19 heavy (non-hydrogen) atoms. The van der Waals surface area contributed by atoms with Gasteiger partial charge in [-0.05, 0) is 50.9 Å². The van der Waals surface area contributed by atoms with Gasteiger partial charge in [-0.3, -0.25) is 0 Å². The first kappa shape index (κ1) is 16.6. The molecular formula is C12H22N2O3S2. The molecule has 0 unspecified atom stereocenters. The fraction of sp³-hybridized carbons (Fsp3) is 0.667. The Bertz CT molecular complexity index is 483. The van der Waals surface area contributed by atoms with Crippen LogP contribution < -0.4 is 4.72 Å². The summed E-state index contributed by atoms with van der Waals surface area (Å²) in [6, 6.07) is 1.97. The number of thiophene rings is 1. The Morgan fingerprint density at radius 1 is 1.47 bits per heavy atom. The summed E-state index contributed by atoms with van der Waals surface area (Å²) in [4.78, 5) is 2.17. The van der Waals surface area contributed by atoms with Gasteiger partial charge in [0.15, 0.2) is 0 Å². The van der Waals surface area contributed by atoms with Crippen molar-refractivity contribution in [1.29, 1.82) is 0 Å². The van der Waals surface area contributed by atoms with Crippen LogP contribution in [0.25, 0.3) is 0 Å². The summed E-state index contributed by atoms with van der Waals surface area (Å²) in [5.74, 6) is 0. The monoisotopic (exact) mass is 306 g/mol. The van der Waals surface area contributed by atoms with Crippen LogP contribution in [-0.2, 0) is 16.6 Å². The zero-order chi connectivity index (χ0) is 14.5. The molecule has 1 aromatic rings. The highest BCUT2D eigenvalue weighted by molar-refractivity contribution is 7.91. The van der Waals surface area contributed by atoms with E-state index in [-0.39, 0.29) is 10.8 Å². The lowest BCUT2D eigenvalue weighted by atomic mass is 10.3. The largest absolute Gasteiger partial charge is 0.392 e. The zero-order valence-corrected chi connectivity index (χ0v) is 13.2. The summed E-state index contributed by atoms with van der Waals surface area (Å²) in [7, 11) is -1.41. The quantitative estimate of drug-likeness (QED) is 0.709. The van der Waals surface area contributed by atoms with Crippen LogP contribution in [0.15, 0.2) is 15.7 Å². The van der Waals surface area contributed by atoms with Crippen LogP contribution in [-0.4, -0.2) is 44.6 Å². The van der Waals surface area contributed by atoms with Crippen LogP contribution in [0, 0.1) is 0 Å². The number of hydrogen-bond donors (Lipinski definition) is 2. The maximum absolute atomic E-state index is 11.9. The molecule has 0 saturated heterocycles. The molecule has 0 aliphatic heterocycles. The van der Waals surface area contributed by atoms with Crippen LogP contribution in [0.1, 0.15) is 25.8 Å². The van der Waals surface area contributed by atoms with Crippen molar-refractivity contribution < 1.29 is 13.5 Å². The summed E-state index contributed by atoms with van der Waals surface area (Å²) in [5, 5.41) is 10.6. The normalized spacial score (nSPS) is 12.5. The minimum absolute atomic E-state index is 0.134. The van der Waals surface area contributed by atoms with Crippen molar-refractivity contribution in [3.05, 3.63) is 17.0 Å². The first-order valence-corrected chi connectivity index (χ1v) is 8.61. The van der Waals surface area contributed by atoms with Crippen LogP contribution in [0.3, 0.4) is 0 Å². The molecule has 0 fully saturated rings. The Balaban J connectivity index is 2.43. The molecule has 0 aliphatic carbocycles. The summed E-state index contributed by atoms with van der Waals surface area (Å²) in [5.41, 5.74) is 0.630. The van der Waals surface area contributed by atoms with Gasteiger partial charge in [0.25, 0.3) is 0 Å². The van der Waals surface area contributed by atoms with Crippen molar-refractivity contribution in [2.75, 3.05) is 20.1 Å². The third-order valence-corrected chi connectivity index (χ3v) is 5.89. The van der Waals surface area contributed by atoms with Gasteiger partial charge in [-0.25, -0.2) is 13.1 Å². The SMILES string of the molecule is CC(C)N(C)CCCNS(=O)(=O)c1cc(CO)cs1. The smallest absolute Gasteiger partial charge is 0.250 e. The molecule has 1 rings (SSSR count). The molecule has 0 saturated carbocycles. The Morgan fingerprint density at radius 2 is 2.16 bits per heavy atom. The molecule has 0 aliphatic rings. The van der Waals surface area contributed by atoms with Crippen molar-refractivity contribution in [1.82, 2.24) is 9.62 Å². The number of nitrogens with zero attached hydrogens (tertiary/aromatic N) is 1. The molecule has 0 radical (unpaired) electrons. The average molecular weight is 306 g/mol. The number of aliphatic hydroxyl groups excluding tert-OH is 1. The molecule has 5 nitrogen and oxygen atoms in total. The summed E-state index contributed by atoms with van der Waals surface area (Å²) >= 11 is 1.13. The van der Waals surface area contributed by atoms with E-state index in [9.17, 15) is 8.42 Å². The predicted octanol–water partition coefficient (Wildman–Crippen LogP) is 1.25. The molecule has 2 N–H and O–H groups in total. The van der Waals surface area contributed by atoms with Crippen molar-refractivity contribution in [2.45, 2.75) is 37.1 Å². The van der Waals surface area contributed by atoms with E-state index in [4.69, 9.17) is 5.11 Å². The highest BCUT2D eigenvalue weighted by Crippen LogP contribution is 2.19. The Kier molecular flexibility index (Phi) is 6.41. The Labute approximate surface area is 119 Å². The van der Waals surface area contributed by atoms with Crippen LogP contribution in [0.4, 0.5) is 0 Å². The van der Waals surface area contributed by atoms with E-state index in [1.165, 1.54) is 6.07 Å². The molecule has 0 atom stereocenters. The average Bonchev–Trinajstić information content (AvgIpc) is 2.83. The fourth-order valence-electron chi connectivity index (χ4n) is 1.44. The van der Waals surface area contributed by atoms with E-state index in [1.54, 1.807) is 5.38 Å². The van der Waals surface area contributed by atoms with Crippen molar-refractivity contribution >= 4 is 21.4 Å². The topological polar surface area (TPSA) is 69.6 Å². The lowest BCUT2D eigenvalue weighted by Gasteiger charge is -2.20. The van der Waals surface area contributed by atoms with Gasteiger partial charge >= 0.3 is 0 Å². The van der Waals surface area contributed by atoms with E-state index >= 15 is 0 Å². The van der Waals surface area contributed by atoms with Crippen molar-refractivity contribution in [3.8, 4) is 0 Å². The van der Waals surface area contributed by atoms with Crippen LogP contribution in [0.5, 0.6) is 0 Å². The minimum atomic E-state index is -3.43. The number of hydrogen-bond acceptors (Lipinski definition) is 5. The predicted molar refractivity (Wildman–Crippen MR) is 77.8 cm³/mol. The van der Waals surface area contributed by atoms with Gasteiger partial charge in [0, 0.05) is 12.6 Å². The zero-order valence-electron chi connectivity index (χ0n) is 11.6. The lowest BCUT2D eigenvalue weighted by Crippen LogP contribution is -2.31. The van der Waals surface area contributed by atoms with E-state index < -0.39 is 10.0 Å². The molecular weight excluding hydrogens is 284 g/mol. The van der Waals surface area contributed by atoms with Gasteiger partial charge in [-0.1, -0.05) is 0 Å². The van der Waals surface area contributed by atoms with Gasteiger partial charge in [-0.15, -0.1) is 11.3 Å². The van der Waals surface area contributed by atoms with Crippen molar-refractivity contribution in [3.63, 3.8) is 0 Å². The molecule has 0 bridgehead atoms. The summed E-state index contributed by atoms with van der Waals surface area (Å²) in [6.07, 6.45) is 0.770. The number of rotatable bonds is 8. The Hall–Kier alpha value is -0.470. The molecule has 0 spiro atoms. The molecule has 7 heteroatoms. The lowest BCUT2D eigenvalue weighted by molar-refractivity contribution is 0.271. The highest BCUT2D eigenvalue weighted by Gasteiger charge is 2.16. The number of sulfonamides is 1. The standard InChI is InChI=1S/C12H22N2O3S2/c1-10(2)14(3)6-4-5-13-19(16,17)12-7-11(8-15)9-18-12/h7,9-10,13,15H,4-6,8H2,1-3H3. The third-order valence-electron chi connectivity index (χ3n) is 2.94. The van der Waals surface area contributed by atoms with Crippen LogP contribution >= 0.6 is 11.3 Å². The third kappa shape index (κ3) is 5.19. The van der Waals surface area contributed by atoms with Crippen molar-refractivity contribution in [2.24, 2.45) is 0 Å². The molecule has 0 amide bonds. The Morgan fingerprint density at radius 3 is 2.68 bits per heavy atom. The summed E-state index contributed by atoms with van der Waals surface area (Å²) in [6.45, 7) is 5.35. The maximum Gasteiger partial charge on any atom is 0.250 e. The van der Waals surface area contributed by atoms with Gasteiger partial charge < -0.3 is 10.0 Å². The van der Waals surface area contributed by atoms with Gasteiger partial charge in [0.2, 0.25) is 10.0 Å². The second kappa shape index (κ2) is 7.35. The molecule has 110 valence electrons. The molecule has 1 aromatic heterocycles. The minimum Gasteiger partial charge on any atom is -0.392 e. The number of nitrogens with one attached hydrogen (secondary N) is 1.